The SMILES string of the molecule is CC1SCCN(C(=O)NC(=O)CC(C)(C)CC(=O)O)C1C. The Morgan fingerprint density at radius 2 is 1.90 bits per heavy atom. The van der Waals surface area contributed by atoms with Crippen LogP contribution in [0, 0.1) is 5.41 Å². The van der Waals surface area contributed by atoms with Crippen LogP contribution in [0.4, 0.5) is 4.79 Å². The molecule has 0 aromatic heterocycles. The van der Waals surface area contributed by atoms with Crippen molar-refractivity contribution < 1.29 is 19.5 Å². The number of urea groups is 1. The van der Waals surface area contributed by atoms with Gasteiger partial charge >= 0.3 is 12.0 Å². The largest absolute Gasteiger partial charge is 0.481 e. The Hall–Kier alpha value is -1.24. The van der Waals surface area contributed by atoms with Gasteiger partial charge in [-0.25, -0.2) is 4.79 Å². The molecule has 0 bridgehead atoms. The average molecular weight is 316 g/mol. The maximum Gasteiger partial charge on any atom is 0.324 e. The van der Waals surface area contributed by atoms with Crippen LogP contribution in [0.3, 0.4) is 0 Å². The number of hydrogen-bond acceptors (Lipinski definition) is 4. The molecular formula is C14H24N2O4S. The first-order valence-corrected chi connectivity index (χ1v) is 8.11. The first-order valence-electron chi connectivity index (χ1n) is 7.06. The first kappa shape index (κ1) is 17.8. The van der Waals surface area contributed by atoms with Gasteiger partial charge in [-0.05, 0) is 12.3 Å². The molecule has 0 radical (unpaired) electrons. The lowest BCUT2D eigenvalue weighted by atomic mass is 9.85. The summed E-state index contributed by atoms with van der Waals surface area (Å²) < 4.78 is 0. The third kappa shape index (κ3) is 5.57. The molecule has 3 amide bonds. The van der Waals surface area contributed by atoms with Crippen LogP contribution in [-0.4, -0.2) is 51.5 Å². The van der Waals surface area contributed by atoms with Gasteiger partial charge in [-0.2, -0.15) is 11.8 Å². The summed E-state index contributed by atoms with van der Waals surface area (Å²) in [5.74, 6) is -0.517. The normalized spacial score (nSPS) is 22.8. The van der Waals surface area contributed by atoms with Gasteiger partial charge < -0.3 is 10.0 Å². The minimum atomic E-state index is -0.949. The van der Waals surface area contributed by atoms with Crippen molar-refractivity contribution in [2.75, 3.05) is 12.3 Å². The number of hydrogen-bond donors (Lipinski definition) is 2. The van der Waals surface area contributed by atoms with Crippen LogP contribution in [-0.2, 0) is 9.59 Å². The second-order valence-electron chi connectivity index (χ2n) is 6.27. The number of imide groups is 1. The summed E-state index contributed by atoms with van der Waals surface area (Å²) in [4.78, 5) is 36.5. The van der Waals surface area contributed by atoms with E-state index in [-0.39, 0.29) is 24.9 Å². The van der Waals surface area contributed by atoms with Gasteiger partial charge in [0, 0.05) is 30.0 Å². The Morgan fingerprint density at radius 3 is 2.48 bits per heavy atom. The maximum atomic E-state index is 12.1. The average Bonchev–Trinajstić information content (AvgIpc) is 2.29. The molecule has 0 aliphatic carbocycles. The lowest BCUT2D eigenvalue weighted by Gasteiger charge is -2.37. The summed E-state index contributed by atoms with van der Waals surface area (Å²) in [6, 6.07) is -0.311. The van der Waals surface area contributed by atoms with E-state index in [1.165, 1.54) is 0 Å². The summed E-state index contributed by atoms with van der Waals surface area (Å²) >= 11 is 1.81. The lowest BCUT2D eigenvalue weighted by molar-refractivity contribution is -0.139. The molecule has 2 N–H and O–H groups in total. The lowest BCUT2D eigenvalue weighted by Crippen LogP contribution is -2.53. The van der Waals surface area contributed by atoms with Gasteiger partial charge in [0.1, 0.15) is 0 Å². The van der Waals surface area contributed by atoms with Crippen molar-refractivity contribution in [1.82, 2.24) is 10.2 Å². The van der Waals surface area contributed by atoms with E-state index in [4.69, 9.17) is 5.11 Å². The molecule has 1 saturated heterocycles. The Kier molecular flexibility index (Phi) is 6.07. The number of carboxylic acids is 1. The highest BCUT2D eigenvalue weighted by Crippen LogP contribution is 2.26. The van der Waals surface area contributed by atoms with E-state index in [0.29, 0.717) is 11.8 Å². The van der Waals surface area contributed by atoms with E-state index in [1.807, 2.05) is 18.7 Å². The van der Waals surface area contributed by atoms with Gasteiger partial charge in [0.25, 0.3) is 0 Å². The molecule has 7 heteroatoms. The topological polar surface area (TPSA) is 86.7 Å². The standard InChI is InChI=1S/C14H24N2O4S/c1-9-10(2)21-6-5-16(9)13(20)15-11(17)7-14(3,4)8-12(18)19/h9-10H,5-8H2,1-4H3,(H,18,19)(H,15,17,20). The number of aliphatic carboxylic acids is 1. The number of rotatable bonds is 4. The Bertz CT molecular complexity index is 425. The monoisotopic (exact) mass is 316 g/mol. The molecule has 6 nitrogen and oxygen atoms in total. The molecule has 1 heterocycles. The van der Waals surface area contributed by atoms with Gasteiger partial charge in [-0.3, -0.25) is 14.9 Å². The van der Waals surface area contributed by atoms with Crippen LogP contribution in [0.25, 0.3) is 0 Å². The van der Waals surface area contributed by atoms with Crippen molar-refractivity contribution in [3.8, 4) is 0 Å². The molecule has 0 aromatic rings. The fourth-order valence-corrected chi connectivity index (χ4v) is 3.46. The molecule has 2 unspecified atom stereocenters. The first-order chi connectivity index (χ1) is 9.62. The molecule has 1 rings (SSSR count). The number of carboxylic acid groups (broad SMARTS) is 1. The molecule has 0 spiro atoms. The number of nitrogens with one attached hydrogen (secondary N) is 1. The highest BCUT2D eigenvalue weighted by Gasteiger charge is 2.31. The van der Waals surface area contributed by atoms with Crippen LogP contribution in [0.5, 0.6) is 0 Å². The van der Waals surface area contributed by atoms with Gasteiger partial charge in [-0.1, -0.05) is 20.8 Å². The third-order valence-electron chi connectivity index (χ3n) is 3.66. The molecule has 1 fully saturated rings. The van der Waals surface area contributed by atoms with Crippen LogP contribution >= 0.6 is 11.8 Å². The number of carbonyl (C=O) groups excluding carboxylic acids is 2. The molecular weight excluding hydrogens is 292 g/mol. The minimum absolute atomic E-state index is 0.0115. The summed E-state index contributed by atoms with van der Waals surface area (Å²) in [6.07, 6.45) is -0.0973. The van der Waals surface area contributed by atoms with Crippen molar-refractivity contribution in [3.05, 3.63) is 0 Å². The molecule has 120 valence electrons. The number of nitrogens with zero attached hydrogens (tertiary/aromatic N) is 1. The van der Waals surface area contributed by atoms with E-state index < -0.39 is 17.3 Å². The van der Waals surface area contributed by atoms with Crippen molar-refractivity contribution in [1.29, 1.82) is 0 Å². The summed E-state index contributed by atoms with van der Waals surface area (Å²) in [5.41, 5.74) is -0.674. The molecule has 1 aliphatic heterocycles. The zero-order chi connectivity index (χ0) is 16.2. The van der Waals surface area contributed by atoms with Crippen molar-refractivity contribution >= 4 is 29.7 Å². The van der Waals surface area contributed by atoms with Crippen LogP contribution < -0.4 is 5.32 Å². The molecule has 0 aromatic carbocycles. The van der Waals surface area contributed by atoms with Crippen LogP contribution in [0.2, 0.25) is 0 Å². The Morgan fingerprint density at radius 1 is 1.29 bits per heavy atom. The number of carbonyl (C=O) groups is 3. The predicted octanol–water partition coefficient (Wildman–Crippen LogP) is 1.94. The summed E-state index contributed by atoms with van der Waals surface area (Å²) in [6.45, 7) is 8.05. The van der Waals surface area contributed by atoms with Gasteiger partial charge in [0.15, 0.2) is 0 Å². The van der Waals surface area contributed by atoms with E-state index >= 15 is 0 Å². The fourth-order valence-electron chi connectivity index (χ4n) is 2.36. The number of amides is 3. The van der Waals surface area contributed by atoms with Gasteiger partial charge in [0.05, 0.1) is 6.42 Å². The maximum absolute atomic E-state index is 12.1. The van der Waals surface area contributed by atoms with Gasteiger partial charge in [-0.15, -0.1) is 0 Å². The summed E-state index contributed by atoms with van der Waals surface area (Å²) in [7, 11) is 0. The fraction of sp³-hybridized carbons (Fsp3) is 0.786. The molecule has 2 atom stereocenters. The quantitative estimate of drug-likeness (QED) is 0.827. The van der Waals surface area contributed by atoms with E-state index in [1.54, 1.807) is 18.7 Å². The van der Waals surface area contributed by atoms with Crippen LogP contribution in [0.15, 0.2) is 0 Å². The number of thioether (sulfide) groups is 1. The molecule has 1 aliphatic rings. The van der Waals surface area contributed by atoms with Crippen molar-refractivity contribution in [3.63, 3.8) is 0 Å². The highest BCUT2D eigenvalue weighted by atomic mass is 32.2. The minimum Gasteiger partial charge on any atom is -0.481 e. The zero-order valence-corrected chi connectivity index (χ0v) is 13.8. The smallest absolute Gasteiger partial charge is 0.324 e. The molecule has 0 saturated carbocycles. The van der Waals surface area contributed by atoms with Crippen molar-refractivity contribution in [2.45, 2.75) is 51.8 Å². The predicted molar refractivity (Wildman–Crippen MR) is 82.3 cm³/mol. The third-order valence-corrected chi connectivity index (χ3v) is 5.00. The van der Waals surface area contributed by atoms with Crippen molar-refractivity contribution in [2.24, 2.45) is 5.41 Å². The Labute approximate surface area is 129 Å². The van der Waals surface area contributed by atoms with E-state index in [0.717, 1.165) is 5.75 Å². The highest BCUT2D eigenvalue weighted by molar-refractivity contribution is 8.00. The van der Waals surface area contributed by atoms with E-state index in [2.05, 4.69) is 12.2 Å². The second-order valence-corrected chi connectivity index (χ2v) is 7.76. The zero-order valence-electron chi connectivity index (χ0n) is 13.0. The Balaban J connectivity index is 2.54. The molecule has 21 heavy (non-hydrogen) atoms. The van der Waals surface area contributed by atoms with E-state index in [9.17, 15) is 14.4 Å². The van der Waals surface area contributed by atoms with Crippen LogP contribution in [0.1, 0.15) is 40.5 Å². The van der Waals surface area contributed by atoms with Gasteiger partial charge in [0.2, 0.25) is 5.91 Å². The second kappa shape index (κ2) is 7.15. The summed E-state index contributed by atoms with van der Waals surface area (Å²) in [5, 5.41) is 11.5.